The maximum absolute atomic E-state index is 12.0. The molecule has 0 saturated carbocycles. The molecule has 0 aromatic heterocycles. The Balaban J connectivity index is 1.81. The molecule has 0 radical (unpaired) electrons. The number of rotatable bonds is 5. The molecule has 0 aliphatic carbocycles. The fourth-order valence-electron chi connectivity index (χ4n) is 2.80. The molecule has 2 fully saturated rings. The summed E-state index contributed by atoms with van der Waals surface area (Å²) in [5.41, 5.74) is 0. The average Bonchev–Trinajstić information content (AvgIpc) is 3.13. The first kappa shape index (κ1) is 16.5. The predicted molar refractivity (Wildman–Crippen MR) is 89.9 cm³/mol. The Labute approximate surface area is 132 Å². The van der Waals surface area contributed by atoms with Crippen LogP contribution < -0.4 is 10.6 Å². The number of guanidine groups is 1. The Morgan fingerprint density at radius 3 is 2.67 bits per heavy atom. The van der Waals surface area contributed by atoms with Crippen LogP contribution in [0.1, 0.15) is 39.5 Å². The van der Waals surface area contributed by atoms with Gasteiger partial charge in [0.15, 0.2) is 5.96 Å². The number of aliphatic imine (C=N–C) groups is 1. The quantitative estimate of drug-likeness (QED) is 0.596. The van der Waals surface area contributed by atoms with E-state index >= 15 is 0 Å². The van der Waals surface area contributed by atoms with E-state index in [-0.39, 0.29) is 12.5 Å². The summed E-state index contributed by atoms with van der Waals surface area (Å²) >= 11 is 2.03. The molecule has 1 unspecified atom stereocenters. The van der Waals surface area contributed by atoms with Gasteiger partial charge < -0.3 is 15.5 Å². The zero-order valence-electron chi connectivity index (χ0n) is 13.3. The van der Waals surface area contributed by atoms with Crippen LogP contribution >= 0.6 is 11.8 Å². The topological polar surface area (TPSA) is 56.7 Å². The number of hydrogen-bond acceptors (Lipinski definition) is 3. The molecule has 2 aliphatic rings. The highest BCUT2D eigenvalue weighted by molar-refractivity contribution is 8.00. The van der Waals surface area contributed by atoms with E-state index in [1.165, 1.54) is 18.6 Å². The molecule has 21 heavy (non-hydrogen) atoms. The Kier molecular flexibility index (Phi) is 6.21. The Morgan fingerprint density at radius 1 is 1.29 bits per heavy atom. The lowest BCUT2D eigenvalue weighted by atomic mass is 10.1. The number of nitrogens with one attached hydrogen (secondary N) is 2. The fourth-order valence-corrected chi connectivity index (χ4v) is 4.05. The smallest absolute Gasteiger partial charge is 0.244 e. The largest absolute Gasteiger partial charge is 0.357 e. The number of carbonyl (C=O) groups is 1. The van der Waals surface area contributed by atoms with Gasteiger partial charge in [-0.3, -0.25) is 4.79 Å². The molecule has 2 saturated heterocycles. The second-order valence-electron chi connectivity index (χ2n) is 6.04. The van der Waals surface area contributed by atoms with Crippen molar-refractivity contribution in [1.29, 1.82) is 0 Å². The van der Waals surface area contributed by atoms with Crippen molar-refractivity contribution in [1.82, 2.24) is 15.5 Å². The van der Waals surface area contributed by atoms with Crippen LogP contribution in [0.3, 0.4) is 0 Å². The Bertz CT molecular complexity index is 374. The molecule has 0 spiro atoms. The minimum absolute atomic E-state index is 0.145. The second-order valence-corrected chi connectivity index (χ2v) is 7.72. The Hall–Kier alpha value is -0.910. The summed E-state index contributed by atoms with van der Waals surface area (Å²) < 4.78 is 0.301. The van der Waals surface area contributed by atoms with Crippen molar-refractivity contribution in [2.24, 2.45) is 4.99 Å². The summed E-state index contributed by atoms with van der Waals surface area (Å²) in [7, 11) is 0. The number of nitrogens with zero attached hydrogens (tertiary/aromatic N) is 2. The van der Waals surface area contributed by atoms with Gasteiger partial charge in [-0.25, -0.2) is 4.99 Å². The third-order valence-corrected chi connectivity index (χ3v) is 5.64. The van der Waals surface area contributed by atoms with Crippen LogP contribution in [0.4, 0.5) is 0 Å². The molecule has 2 aliphatic heterocycles. The van der Waals surface area contributed by atoms with Gasteiger partial charge >= 0.3 is 0 Å². The highest BCUT2D eigenvalue weighted by Crippen LogP contribution is 2.36. The van der Waals surface area contributed by atoms with E-state index in [1.807, 2.05) is 23.6 Å². The second kappa shape index (κ2) is 7.92. The normalized spacial score (nSPS) is 26.2. The standard InChI is InChI=1S/C15H28N4OS/c1-3-16-14(18-12-15(2)7-6-10-21-15)17-11-13(20)19-8-4-5-9-19/h3-12H2,1-2H3,(H2,16,17,18). The van der Waals surface area contributed by atoms with Crippen molar-refractivity contribution in [2.45, 2.75) is 44.3 Å². The van der Waals surface area contributed by atoms with Gasteiger partial charge in [0.25, 0.3) is 0 Å². The third kappa shape index (κ3) is 5.09. The van der Waals surface area contributed by atoms with Crippen LogP contribution in [0.15, 0.2) is 4.99 Å². The number of thioether (sulfide) groups is 1. The lowest BCUT2D eigenvalue weighted by molar-refractivity contribution is -0.128. The minimum atomic E-state index is 0.145. The SMILES string of the molecule is CCNC(=NCC(=O)N1CCCC1)NCC1(C)CCCS1. The van der Waals surface area contributed by atoms with E-state index in [1.54, 1.807) is 0 Å². The van der Waals surface area contributed by atoms with E-state index in [4.69, 9.17) is 0 Å². The van der Waals surface area contributed by atoms with Crippen LogP contribution in [0.5, 0.6) is 0 Å². The molecule has 0 aromatic rings. The monoisotopic (exact) mass is 312 g/mol. The van der Waals surface area contributed by atoms with Gasteiger partial charge in [0.2, 0.25) is 5.91 Å². The number of carbonyl (C=O) groups excluding carboxylic acids is 1. The maximum atomic E-state index is 12.0. The molecular weight excluding hydrogens is 284 g/mol. The van der Waals surface area contributed by atoms with Crippen LogP contribution in [0, 0.1) is 0 Å². The van der Waals surface area contributed by atoms with E-state index < -0.39 is 0 Å². The molecule has 0 aromatic carbocycles. The van der Waals surface area contributed by atoms with Gasteiger partial charge in [-0.05, 0) is 45.3 Å². The summed E-state index contributed by atoms with van der Waals surface area (Å²) in [4.78, 5) is 18.4. The zero-order chi connectivity index (χ0) is 15.1. The van der Waals surface area contributed by atoms with Crippen molar-refractivity contribution < 1.29 is 4.79 Å². The molecule has 5 nitrogen and oxygen atoms in total. The molecule has 120 valence electrons. The van der Waals surface area contributed by atoms with Crippen molar-refractivity contribution >= 4 is 23.6 Å². The first-order chi connectivity index (χ1) is 10.1. The third-order valence-electron chi connectivity index (χ3n) is 4.11. The van der Waals surface area contributed by atoms with E-state index in [2.05, 4.69) is 22.5 Å². The van der Waals surface area contributed by atoms with E-state index in [0.717, 1.165) is 45.0 Å². The minimum Gasteiger partial charge on any atom is -0.357 e. The number of likely N-dealkylation sites (tertiary alicyclic amines) is 1. The molecule has 0 bridgehead atoms. The lowest BCUT2D eigenvalue weighted by Gasteiger charge is -2.24. The molecular formula is C15H28N4OS. The highest BCUT2D eigenvalue weighted by Gasteiger charge is 2.29. The number of hydrogen-bond donors (Lipinski definition) is 2. The summed E-state index contributed by atoms with van der Waals surface area (Å²) in [6, 6.07) is 0. The van der Waals surface area contributed by atoms with Gasteiger partial charge in [0.05, 0.1) is 0 Å². The fraction of sp³-hybridized carbons (Fsp3) is 0.867. The molecule has 1 amide bonds. The van der Waals surface area contributed by atoms with Crippen LogP contribution in [-0.2, 0) is 4.79 Å². The summed E-state index contributed by atoms with van der Waals surface area (Å²) in [5, 5.41) is 6.62. The highest BCUT2D eigenvalue weighted by atomic mass is 32.2. The van der Waals surface area contributed by atoms with Gasteiger partial charge in [-0.2, -0.15) is 11.8 Å². The lowest BCUT2D eigenvalue weighted by Crippen LogP contribution is -2.44. The van der Waals surface area contributed by atoms with Crippen molar-refractivity contribution in [3.8, 4) is 0 Å². The van der Waals surface area contributed by atoms with E-state index in [0.29, 0.717) is 4.75 Å². The zero-order valence-corrected chi connectivity index (χ0v) is 14.1. The van der Waals surface area contributed by atoms with Crippen LogP contribution in [0.2, 0.25) is 0 Å². The summed E-state index contributed by atoms with van der Waals surface area (Å²) in [5.74, 6) is 2.16. The van der Waals surface area contributed by atoms with Crippen LogP contribution in [-0.4, -0.2) is 60.0 Å². The first-order valence-corrected chi connectivity index (χ1v) is 9.05. The van der Waals surface area contributed by atoms with Gasteiger partial charge in [-0.15, -0.1) is 0 Å². The van der Waals surface area contributed by atoms with Crippen molar-refractivity contribution in [2.75, 3.05) is 38.5 Å². The predicted octanol–water partition coefficient (Wildman–Crippen LogP) is 1.45. The summed E-state index contributed by atoms with van der Waals surface area (Å²) in [6.07, 6.45) is 4.80. The van der Waals surface area contributed by atoms with Crippen molar-refractivity contribution in [3.05, 3.63) is 0 Å². The maximum Gasteiger partial charge on any atom is 0.244 e. The number of amides is 1. The van der Waals surface area contributed by atoms with Gasteiger partial charge in [0, 0.05) is 30.9 Å². The van der Waals surface area contributed by atoms with Gasteiger partial charge in [-0.1, -0.05) is 0 Å². The van der Waals surface area contributed by atoms with Crippen LogP contribution in [0.25, 0.3) is 0 Å². The van der Waals surface area contributed by atoms with Crippen molar-refractivity contribution in [3.63, 3.8) is 0 Å². The van der Waals surface area contributed by atoms with Gasteiger partial charge in [0.1, 0.15) is 6.54 Å². The Morgan fingerprint density at radius 2 is 2.05 bits per heavy atom. The molecule has 2 heterocycles. The first-order valence-electron chi connectivity index (χ1n) is 8.07. The molecule has 2 rings (SSSR count). The summed E-state index contributed by atoms with van der Waals surface area (Å²) in [6.45, 7) is 8.11. The van der Waals surface area contributed by atoms with E-state index in [9.17, 15) is 4.79 Å². The molecule has 6 heteroatoms. The average molecular weight is 312 g/mol. The molecule has 1 atom stereocenters. The molecule has 2 N–H and O–H groups in total.